The SMILES string of the molecule is Cn1cccc1CNC(=O)CCCl. The normalized spacial score (nSPS) is 10.0. The number of hydrogen-bond acceptors (Lipinski definition) is 1. The Balaban J connectivity index is 2.35. The van der Waals surface area contributed by atoms with Gasteiger partial charge in [-0.15, -0.1) is 11.6 Å². The predicted molar refractivity (Wildman–Crippen MR) is 52.6 cm³/mol. The number of nitrogens with one attached hydrogen (secondary N) is 1. The third-order valence-electron chi connectivity index (χ3n) is 1.84. The molecule has 0 saturated carbocycles. The Kier molecular flexibility index (Phi) is 3.83. The van der Waals surface area contributed by atoms with Gasteiger partial charge >= 0.3 is 0 Å². The molecule has 1 rings (SSSR count). The highest BCUT2D eigenvalue weighted by Gasteiger charge is 2.01. The van der Waals surface area contributed by atoms with Crippen LogP contribution >= 0.6 is 11.6 Å². The molecule has 1 N–H and O–H groups in total. The second kappa shape index (κ2) is 4.92. The molecule has 4 heteroatoms. The number of alkyl halides is 1. The first-order chi connectivity index (χ1) is 6.24. The Hall–Kier alpha value is -0.960. The fourth-order valence-electron chi connectivity index (χ4n) is 1.04. The summed E-state index contributed by atoms with van der Waals surface area (Å²) < 4.78 is 1.97. The fourth-order valence-corrected chi connectivity index (χ4v) is 1.22. The molecule has 0 saturated heterocycles. The summed E-state index contributed by atoms with van der Waals surface area (Å²) in [6, 6.07) is 3.92. The number of aromatic nitrogens is 1. The molecule has 1 heterocycles. The number of amides is 1. The number of hydrogen-bond donors (Lipinski definition) is 1. The van der Waals surface area contributed by atoms with E-state index in [4.69, 9.17) is 11.6 Å². The molecule has 0 aliphatic heterocycles. The van der Waals surface area contributed by atoms with Crippen molar-refractivity contribution < 1.29 is 4.79 Å². The van der Waals surface area contributed by atoms with Crippen molar-refractivity contribution in [3.8, 4) is 0 Å². The lowest BCUT2D eigenvalue weighted by Crippen LogP contribution is -2.23. The predicted octanol–water partition coefficient (Wildman–Crippen LogP) is 1.27. The Morgan fingerprint density at radius 3 is 3.00 bits per heavy atom. The molecule has 0 radical (unpaired) electrons. The van der Waals surface area contributed by atoms with E-state index >= 15 is 0 Å². The van der Waals surface area contributed by atoms with E-state index in [9.17, 15) is 4.79 Å². The van der Waals surface area contributed by atoms with Crippen LogP contribution in [-0.4, -0.2) is 16.4 Å². The van der Waals surface area contributed by atoms with Gasteiger partial charge in [0.1, 0.15) is 0 Å². The van der Waals surface area contributed by atoms with E-state index in [-0.39, 0.29) is 5.91 Å². The average Bonchev–Trinajstić information content (AvgIpc) is 2.48. The fraction of sp³-hybridized carbons (Fsp3) is 0.444. The lowest BCUT2D eigenvalue weighted by molar-refractivity contribution is -0.120. The quantitative estimate of drug-likeness (QED) is 0.730. The van der Waals surface area contributed by atoms with Crippen LogP contribution in [0.4, 0.5) is 0 Å². The molecule has 0 bridgehead atoms. The number of rotatable bonds is 4. The molecule has 1 amide bonds. The number of aryl methyl sites for hydroxylation is 1. The third-order valence-corrected chi connectivity index (χ3v) is 2.03. The molecular formula is C9H13ClN2O. The number of carbonyl (C=O) groups excluding carboxylic acids is 1. The summed E-state index contributed by atoms with van der Waals surface area (Å²) in [5.41, 5.74) is 1.09. The van der Waals surface area contributed by atoms with Crippen LogP contribution in [0, 0.1) is 0 Å². The van der Waals surface area contributed by atoms with Crippen molar-refractivity contribution >= 4 is 17.5 Å². The van der Waals surface area contributed by atoms with Gasteiger partial charge in [0, 0.05) is 31.2 Å². The molecule has 0 spiro atoms. The lowest BCUT2D eigenvalue weighted by Gasteiger charge is -2.04. The Bertz CT molecular complexity index is 283. The topological polar surface area (TPSA) is 34.0 Å². The van der Waals surface area contributed by atoms with E-state index in [2.05, 4.69) is 5.32 Å². The van der Waals surface area contributed by atoms with Crippen LogP contribution in [0.15, 0.2) is 18.3 Å². The van der Waals surface area contributed by atoms with Crippen molar-refractivity contribution in [1.82, 2.24) is 9.88 Å². The summed E-state index contributed by atoms with van der Waals surface area (Å²) in [4.78, 5) is 11.0. The van der Waals surface area contributed by atoms with Gasteiger partial charge in [0.15, 0.2) is 0 Å². The third kappa shape index (κ3) is 3.11. The summed E-state index contributed by atoms with van der Waals surface area (Å²) >= 11 is 5.42. The van der Waals surface area contributed by atoms with Gasteiger partial charge < -0.3 is 9.88 Å². The maximum Gasteiger partial charge on any atom is 0.221 e. The zero-order valence-electron chi connectivity index (χ0n) is 7.59. The standard InChI is InChI=1S/C9H13ClN2O/c1-12-6-2-3-8(12)7-11-9(13)4-5-10/h2-3,6H,4-5,7H2,1H3,(H,11,13). The van der Waals surface area contributed by atoms with Crippen LogP contribution in [0.3, 0.4) is 0 Å². The van der Waals surface area contributed by atoms with Gasteiger partial charge in [0.2, 0.25) is 5.91 Å². The molecule has 0 unspecified atom stereocenters. The maximum absolute atomic E-state index is 11.0. The van der Waals surface area contributed by atoms with E-state index in [1.54, 1.807) is 0 Å². The van der Waals surface area contributed by atoms with Gasteiger partial charge in [-0.2, -0.15) is 0 Å². The highest BCUT2D eigenvalue weighted by atomic mass is 35.5. The summed E-state index contributed by atoms with van der Waals surface area (Å²) in [6.45, 7) is 0.569. The molecule has 13 heavy (non-hydrogen) atoms. The van der Waals surface area contributed by atoms with Crippen LogP contribution < -0.4 is 5.32 Å². The van der Waals surface area contributed by atoms with Crippen LogP contribution in [0.25, 0.3) is 0 Å². The van der Waals surface area contributed by atoms with E-state index in [1.165, 1.54) is 0 Å². The molecule has 0 aliphatic rings. The van der Waals surface area contributed by atoms with Gasteiger partial charge in [-0.1, -0.05) is 0 Å². The molecule has 0 fully saturated rings. The minimum Gasteiger partial charge on any atom is -0.353 e. The Morgan fingerprint density at radius 1 is 1.69 bits per heavy atom. The minimum atomic E-state index is -0.00352. The molecule has 0 atom stereocenters. The number of halogens is 1. The Morgan fingerprint density at radius 2 is 2.46 bits per heavy atom. The lowest BCUT2D eigenvalue weighted by atomic mass is 10.4. The zero-order valence-corrected chi connectivity index (χ0v) is 8.34. The highest BCUT2D eigenvalue weighted by molar-refractivity contribution is 6.18. The van der Waals surface area contributed by atoms with Crippen LogP contribution in [-0.2, 0) is 18.4 Å². The van der Waals surface area contributed by atoms with Gasteiger partial charge in [-0.05, 0) is 12.1 Å². The van der Waals surface area contributed by atoms with E-state index < -0.39 is 0 Å². The van der Waals surface area contributed by atoms with E-state index in [1.807, 2.05) is 29.9 Å². The number of carbonyl (C=O) groups is 1. The van der Waals surface area contributed by atoms with Gasteiger partial charge in [0.25, 0.3) is 0 Å². The molecule has 3 nitrogen and oxygen atoms in total. The second-order valence-electron chi connectivity index (χ2n) is 2.83. The molecule has 72 valence electrons. The van der Waals surface area contributed by atoms with Crippen molar-refractivity contribution in [2.75, 3.05) is 5.88 Å². The number of nitrogens with zero attached hydrogens (tertiary/aromatic N) is 1. The van der Waals surface area contributed by atoms with Crippen molar-refractivity contribution in [1.29, 1.82) is 0 Å². The first-order valence-corrected chi connectivity index (χ1v) is 4.70. The minimum absolute atomic E-state index is 0.00352. The van der Waals surface area contributed by atoms with Crippen molar-refractivity contribution in [2.45, 2.75) is 13.0 Å². The zero-order chi connectivity index (χ0) is 9.68. The van der Waals surface area contributed by atoms with Crippen LogP contribution in [0.2, 0.25) is 0 Å². The van der Waals surface area contributed by atoms with E-state index in [0.717, 1.165) is 5.69 Å². The second-order valence-corrected chi connectivity index (χ2v) is 3.20. The molecule has 0 aromatic carbocycles. The van der Waals surface area contributed by atoms with Gasteiger partial charge in [-0.25, -0.2) is 0 Å². The monoisotopic (exact) mass is 200 g/mol. The molecule has 1 aromatic rings. The summed E-state index contributed by atoms with van der Waals surface area (Å²) in [6.07, 6.45) is 2.33. The molecular weight excluding hydrogens is 188 g/mol. The van der Waals surface area contributed by atoms with Crippen molar-refractivity contribution in [3.63, 3.8) is 0 Å². The van der Waals surface area contributed by atoms with Crippen LogP contribution in [0.5, 0.6) is 0 Å². The molecule has 0 aliphatic carbocycles. The van der Waals surface area contributed by atoms with Crippen molar-refractivity contribution in [2.24, 2.45) is 7.05 Å². The molecule has 1 aromatic heterocycles. The average molecular weight is 201 g/mol. The first kappa shape index (κ1) is 10.1. The Labute approximate surface area is 82.7 Å². The maximum atomic E-state index is 11.0. The van der Waals surface area contributed by atoms with Crippen LogP contribution in [0.1, 0.15) is 12.1 Å². The van der Waals surface area contributed by atoms with E-state index in [0.29, 0.717) is 18.8 Å². The van der Waals surface area contributed by atoms with Crippen molar-refractivity contribution in [3.05, 3.63) is 24.0 Å². The summed E-state index contributed by atoms with van der Waals surface area (Å²) in [5.74, 6) is 0.370. The smallest absolute Gasteiger partial charge is 0.221 e. The van der Waals surface area contributed by atoms with Gasteiger partial charge in [0.05, 0.1) is 6.54 Å². The van der Waals surface area contributed by atoms with Gasteiger partial charge in [-0.3, -0.25) is 4.79 Å². The largest absolute Gasteiger partial charge is 0.353 e. The summed E-state index contributed by atoms with van der Waals surface area (Å²) in [5, 5.41) is 2.78. The first-order valence-electron chi connectivity index (χ1n) is 4.17. The summed E-state index contributed by atoms with van der Waals surface area (Å²) in [7, 11) is 1.95. The highest BCUT2D eigenvalue weighted by Crippen LogP contribution is 1.98.